The van der Waals surface area contributed by atoms with Crippen LogP contribution in [0.4, 0.5) is 5.69 Å². The maximum absolute atomic E-state index is 12.5. The number of anilines is 1. The second kappa shape index (κ2) is 6.36. The van der Waals surface area contributed by atoms with Gasteiger partial charge in [-0.15, -0.1) is 0 Å². The Bertz CT molecular complexity index is 1220. The molecule has 0 aliphatic carbocycles. The fraction of sp³-hybridized carbons (Fsp3) is 0.222. The standard InChI is InChI=1S/C18H18N4O4S/c1-21-15-4-2-3-5-16(15)22(18(21)24)9-8-19-27(25,26)13-6-7-14-12(10-13)11-17(23)20-14/h2-7,10,19H,8-9,11H2,1H3,(H,20,23). The molecule has 1 aromatic heterocycles. The van der Waals surface area contributed by atoms with Crippen molar-refractivity contribution in [2.75, 3.05) is 11.9 Å². The van der Waals surface area contributed by atoms with Crippen LogP contribution in [0.25, 0.3) is 11.0 Å². The zero-order chi connectivity index (χ0) is 19.2. The molecule has 2 N–H and O–H groups in total. The number of aryl methyl sites for hydroxylation is 1. The Hall–Kier alpha value is -2.91. The second-order valence-corrected chi connectivity index (χ2v) is 8.19. The van der Waals surface area contributed by atoms with Gasteiger partial charge in [0.25, 0.3) is 0 Å². The molecule has 3 aromatic rings. The summed E-state index contributed by atoms with van der Waals surface area (Å²) in [6.07, 6.45) is 0.171. The van der Waals surface area contributed by atoms with Crippen LogP contribution in [0, 0.1) is 0 Å². The molecule has 1 aliphatic rings. The highest BCUT2D eigenvalue weighted by atomic mass is 32.2. The number of imidazole rings is 1. The highest BCUT2D eigenvalue weighted by Gasteiger charge is 2.21. The number of nitrogens with one attached hydrogen (secondary N) is 2. The van der Waals surface area contributed by atoms with Crippen molar-refractivity contribution in [3.8, 4) is 0 Å². The predicted molar refractivity (Wildman–Crippen MR) is 101 cm³/mol. The minimum atomic E-state index is -3.74. The Labute approximate surface area is 155 Å². The zero-order valence-electron chi connectivity index (χ0n) is 14.6. The third kappa shape index (κ3) is 3.04. The van der Waals surface area contributed by atoms with Gasteiger partial charge in [-0.2, -0.15) is 0 Å². The minimum Gasteiger partial charge on any atom is -0.326 e. The Morgan fingerprint density at radius 3 is 2.63 bits per heavy atom. The van der Waals surface area contributed by atoms with Crippen LogP contribution in [-0.2, 0) is 34.8 Å². The number of amides is 1. The molecule has 0 spiro atoms. The molecule has 0 unspecified atom stereocenters. The van der Waals surface area contributed by atoms with Gasteiger partial charge in [0, 0.05) is 25.8 Å². The third-order valence-corrected chi connectivity index (χ3v) is 6.15. The number of rotatable bonds is 5. The van der Waals surface area contributed by atoms with Gasteiger partial charge in [0.05, 0.1) is 22.3 Å². The van der Waals surface area contributed by atoms with Crippen molar-refractivity contribution < 1.29 is 13.2 Å². The molecule has 9 heteroatoms. The van der Waals surface area contributed by atoms with Crippen LogP contribution in [0.3, 0.4) is 0 Å². The first kappa shape index (κ1) is 17.5. The van der Waals surface area contributed by atoms with E-state index in [9.17, 15) is 18.0 Å². The predicted octanol–water partition coefficient (Wildman–Crippen LogP) is 0.813. The quantitative estimate of drug-likeness (QED) is 0.677. The number of para-hydroxylation sites is 2. The SMILES string of the molecule is Cn1c(=O)n(CCNS(=O)(=O)c2ccc3c(c2)CC(=O)N3)c2ccccc21. The Morgan fingerprint density at radius 2 is 1.85 bits per heavy atom. The molecule has 8 nitrogen and oxygen atoms in total. The van der Waals surface area contributed by atoms with E-state index in [4.69, 9.17) is 0 Å². The Kier molecular flexibility index (Phi) is 4.12. The van der Waals surface area contributed by atoms with Crippen molar-refractivity contribution in [2.24, 2.45) is 7.05 Å². The first-order chi connectivity index (χ1) is 12.9. The molecule has 0 atom stereocenters. The van der Waals surface area contributed by atoms with Crippen LogP contribution >= 0.6 is 0 Å². The molecule has 2 heterocycles. The number of fused-ring (bicyclic) bond motifs is 2. The van der Waals surface area contributed by atoms with Crippen LogP contribution < -0.4 is 15.7 Å². The van der Waals surface area contributed by atoms with E-state index in [1.807, 2.05) is 24.3 Å². The van der Waals surface area contributed by atoms with Gasteiger partial charge in [-0.1, -0.05) is 12.1 Å². The third-order valence-electron chi connectivity index (χ3n) is 4.69. The lowest BCUT2D eigenvalue weighted by atomic mass is 10.2. The fourth-order valence-corrected chi connectivity index (χ4v) is 4.40. The van der Waals surface area contributed by atoms with Crippen molar-refractivity contribution in [3.63, 3.8) is 0 Å². The number of nitrogens with zero attached hydrogens (tertiary/aromatic N) is 2. The molecule has 4 rings (SSSR count). The second-order valence-electron chi connectivity index (χ2n) is 6.42. The molecule has 27 heavy (non-hydrogen) atoms. The maximum atomic E-state index is 12.5. The summed E-state index contributed by atoms with van der Waals surface area (Å²) in [6.45, 7) is 0.287. The van der Waals surface area contributed by atoms with Crippen LogP contribution in [0.1, 0.15) is 5.56 Å². The normalized spacial score (nSPS) is 13.7. The minimum absolute atomic E-state index is 0.0739. The first-order valence-electron chi connectivity index (χ1n) is 8.43. The van der Waals surface area contributed by atoms with Crippen molar-refractivity contribution in [1.29, 1.82) is 0 Å². The number of benzene rings is 2. The van der Waals surface area contributed by atoms with Gasteiger partial charge in [-0.05, 0) is 35.9 Å². The van der Waals surface area contributed by atoms with E-state index in [0.717, 1.165) is 11.0 Å². The molecular formula is C18H18N4O4S. The molecule has 2 aromatic carbocycles. The van der Waals surface area contributed by atoms with E-state index in [1.165, 1.54) is 16.7 Å². The molecule has 0 fully saturated rings. The van der Waals surface area contributed by atoms with Crippen LogP contribution in [0.2, 0.25) is 0 Å². The van der Waals surface area contributed by atoms with E-state index in [1.54, 1.807) is 17.7 Å². The largest absolute Gasteiger partial charge is 0.328 e. The van der Waals surface area contributed by atoms with E-state index in [2.05, 4.69) is 10.0 Å². The van der Waals surface area contributed by atoms with Crippen molar-refractivity contribution in [1.82, 2.24) is 13.9 Å². The highest BCUT2D eigenvalue weighted by Crippen LogP contribution is 2.25. The molecule has 0 radical (unpaired) electrons. The topological polar surface area (TPSA) is 102 Å². The number of aromatic nitrogens is 2. The lowest BCUT2D eigenvalue weighted by Crippen LogP contribution is -2.31. The van der Waals surface area contributed by atoms with E-state index < -0.39 is 10.0 Å². The number of sulfonamides is 1. The lowest BCUT2D eigenvalue weighted by Gasteiger charge is -2.09. The summed E-state index contributed by atoms with van der Waals surface area (Å²) < 4.78 is 30.7. The summed E-state index contributed by atoms with van der Waals surface area (Å²) in [7, 11) is -2.05. The van der Waals surface area contributed by atoms with Gasteiger partial charge in [-0.25, -0.2) is 17.9 Å². The van der Waals surface area contributed by atoms with Crippen molar-refractivity contribution >= 4 is 32.7 Å². The summed E-state index contributed by atoms with van der Waals surface area (Å²) in [5.41, 5.74) is 2.65. The molecule has 0 bridgehead atoms. The number of hydrogen-bond donors (Lipinski definition) is 2. The summed E-state index contributed by atoms with van der Waals surface area (Å²) in [4.78, 5) is 23.9. The van der Waals surface area contributed by atoms with Crippen molar-refractivity contribution in [2.45, 2.75) is 17.9 Å². The summed E-state index contributed by atoms with van der Waals surface area (Å²) in [5.74, 6) is -0.150. The highest BCUT2D eigenvalue weighted by molar-refractivity contribution is 7.89. The summed E-state index contributed by atoms with van der Waals surface area (Å²) in [6, 6.07) is 11.9. The van der Waals surface area contributed by atoms with Crippen LogP contribution in [-0.4, -0.2) is 30.0 Å². The van der Waals surface area contributed by atoms with Gasteiger partial charge < -0.3 is 5.32 Å². The summed E-state index contributed by atoms with van der Waals surface area (Å²) >= 11 is 0. The Balaban J connectivity index is 1.53. The Morgan fingerprint density at radius 1 is 1.11 bits per heavy atom. The zero-order valence-corrected chi connectivity index (χ0v) is 15.4. The van der Waals surface area contributed by atoms with Gasteiger partial charge in [-0.3, -0.25) is 13.9 Å². The average Bonchev–Trinajstić information content (AvgIpc) is 3.13. The number of carbonyl (C=O) groups excluding carboxylic acids is 1. The average molecular weight is 386 g/mol. The van der Waals surface area contributed by atoms with Crippen LogP contribution in [0.15, 0.2) is 52.2 Å². The molecule has 1 aliphatic heterocycles. The maximum Gasteiger partial charge on any atom is 0.328 e. The van der Waals surface area contributed by atoms with E-state index in [-0.39, 0.29) is 36.0 Å². The number of carbonyl (C=O) groups is 1. The molecule has 0 saturated heterocycles. The monoisotopic (exact) mass is 386 g/mol. The lowest BCUT2D eigenvalue weighted by molar-refractivity contribution is -0.115. The van der Waals surface area contributed by atoms with Gasteiger partial charge in [0.1, 0.15) is 0 Å². The first-order valence-corrected chi connectivity index (χ1v) is 9.92. The molecular weight excluding hydrogens is 368 g/mol. The fourth-order valence-electron chi connectivity index (χ4n) is 3.33. The smallest absolute Gasteiger partial charge is 0.326 e. The van der Waals surface area contributed by atoms with Crippen LogP contribution in [0.5, 0.6) is 0 Å². The molecule has 0 saturated carbocycles. The molecule has 1 amide bonds. The van der Waals surface area contributed by atoms with Gasteiger partial charge >= 0.3 is 5.69 Å². The van der Waals surface area contributed by atoms with Gasteiger partial charge in [0.15, 0.2) is 0 Å². The summed E-state index contributed by atoms with van der Waals surface area (Å²) in [5, 5.41) is 2.67. The van der Waals surface area contributed by atoms with Crippen molar-refractivity contribution in [3.05, 3.63) is 58.5 Å². The number of hydrogen-bond acceptors (Lipinski definition) is 4. The molecule has 140 valence electrons. The van der Waals surface area contributed by atoms with E-state index >= 15 is 0 Å². The van der Waals surface area contributed by atoms with E-state index in [0.29, 0.717) is 11.3 Å². The van der Waals surface area contributed by atoms with Gasteiger partial charge in [0.2, 0.25) is 15.9 Å².